The van der Waals surface area contributed by atoms with E-state index in [1.807, 2.05) is 18.2 Å². The van der Waals surface area contributed by atoms with E-state index in [2.05, 4.69) is 27.2 Å². The van der Waals surface area contributed by atoms with Crippen molar-refractivity contribution < 1.29 is 12.8 Å². The molecule has 0 aliphatic heterocycles. The third-order valence-electron chi connectivity index (χ3n) is 4.02. The molecule has 0 bridgehead atoms. The molecule has 1 aromatic heterocycles. The predicted molar refractivity (Wildman–Crippen MR) is 105 cm³/mol. The van der Waals surface area contributed by atoms with Crippen LogP contribution in [-0.4, -0.2) is 19.9 Å². The second kappa shape index (κ2) is 8.18. The van der Waals surface area contributed by atoms with E-state index < -0.39 is 15.8 Å². The average molecular weight is 385 g/mol. The lowest BCUT2D eigenvalue weighted by molar-refractivity contribution is 0.598. The fourth-order valence-electron chi connectivity index (χ4n) is 2.54. The molecule has 0 saturated heterocycles. The molecule has 2 aromatic carbocycles. The number of rotatable bonds is 7. The smallest absolute Gasteiger partial charge is 0.261 e. The zero-order valence-corrected chi connectivity index (χ0v) is 15.6. The van der Waals surface area contributed by atoms with Crippen LogP contribution in [0.4, 0.5) is 15.9 Å². The quantitative estimate of drug-likeness (QED) is 0.645. The predicted octanol–water partition coefficient (Wildman–Crippen LogP) is 3.98. The molecular weight excluding hydrogens is 365 g/mol. The van der Waals surface area contributed by atoms with Crippen molar-refractivity contribution in [3.63, 3.8) is 0 Å². The van der Waals surface area contributed by atoms with Crippen LogP contribution in [-0.2, 0) is 16.4 Å². The lowest BCUT2D eigenvalue weighted by Crippen LogP contribution is -2.14. The molecule has 0 atom stereocenters. The second-order valence-corrected chi connectivity index (χ2v) is 7.79. The summed E-state index contributed by atoms with van der Waals surface area (Å²) >= 11 is 0. The Morgan fingerprint density at radius 1 is 1.04 bits per heavy atom. The van der Waals surface area contributed by atoms with Crippen LogP contribution in [0.2, 0.25) is 0 Å². The Kier molecular flexibility index (Phi) is 5.71. The molecule has 140 valence electrons. The first-order valence-electron chi connectivity index (χ1n) is 8.47. The third kappa shape index (κ3) is 5.04. The van der Waals surface area contributed by atoms with Crippen molar-refractivity contribution >= 4 is 21.5 Å². The standard InChI is InChI=1S/C20H20FN3O2S/c1-15-13-18(8-9-19(15)21)27(25,26)24-17-7-10-20(23-14-17)22-12-11-16-5-3-2-4-6-16/h2-10,13-14,24H,11-12H2,1H3,(H,22,23). The molecular formula is C20H20FN3O2S. The van der Waals surface area contributed by atoms with E-state index in [1.165, 1.54) is 30.8 Å². The fraction of sp³-hybridized carbons (Fsp3) is 0.150. The molecule has 1 heterocycles. The number of hydrogen-bond acceptors (Lipinski definition) is 4. The first-order chi connectivity index (χ1) is 12.9. The van der Waals surface area contributed by atoms with Crippen molar-refractivity contribution in [1.29, 1.82) is 0 Å². The van der Waals surface area contributed by atoms with Crippen LogP contribution in [0.15, 0.2) is 71.8 Å². The molecule has 0 unspecified atom stereocenters. The van der Waals surface area contributed by atoms with Crippen molar-refractivity contribution in [2.24, 2.45) is 0 Å². The Morgan fingerprint density at radius 3 is 2.48 bits per heavy atom. The highest BCUT2D eigenvalue weighted by atomic mass is 32.2. The van der Waals surface area contributed by atoms with Crippen LogP contribution in [0.1, 0.15) is 11.1 Å². The lowest BCUT2D eigenvalue weighted by Gasteiger charge is -2.10. The monoisotopic (exact) mass is 385 g/mol. The molecule has 0 radical (unpaired) electrons. The molecule has 27 heavy (non-hydrogen) atoms. The van der Waals surface area contributed by atoms with Crippen LogP contribution in [0, 0.1) is 12.7 Å². The minimum Gasteiger partial charge on any atom is -0.370 e. The summed E-state index contributed by atoms with van der Waals surface area (Å²) in [7, 11) is -3.80. The zero-order valence-electron chi connectivity index (χ0n) is 14.8. The largest absolute Gasteiger partial charge is 0.370 e. The van der Waals surface area contributed by atoms with Crippen LogP contribution in [0.25, 0.3) is 0 Å². The molecule has 3 aromatic rings. The molecule has 3 rings (SSSR count). The number of hydrogen-bond donors (Lipinski definition) is 2. The maximum absolute atomic E-state index is 13.3. The van der Waals surface area contributed by atoms with Crippen LogP contribution >= 0.6 is 0 Å². The highest BCUT2D eigenvalue weighted by Crippen LogP contribution is 2.19. The summed E-state index contributed by atoms with van der Waals surface area (Å²) < 4.78 is 40.6. The van der Waals surface area contributed by atoms with Gasteiger partial charge in [-0.25, -0.2) is 17.8 Å². The summed E-state index contributed by atoms with van der Waals surface area (Å²) in [5.41, 5.74) is 1.84. The van der Waals surface area contributed by atoms with Gasteiger partial charge in [0, 0.05) is 6.54 Å². The number of halogens is 1. The van der Waals surface area contributed by atoms with E-state index in [0.29, 0.717) is 11.5 Å². The lowest BCUT2D eigenvalue weighted by atomic mass is 10.1. The van der Waals surface area contributed by atoms with Crippen molar-refractivity contribution in [3.8, 4) is 0 Å². The zero-order chi connectivity index (χ0) is 19.3. The number of aryl methyl sites for hydroxylation is 1. The van der Waals surface area contributed by atoms with Gasteiger partial charge >= 0.3 is 0 Å². The molecule has 0 aliphatic carbocycles. The van der Waals surface area contributed by atoms with Gasteiger partial charge in [0.05, 0.1) is 16.8 Å². The Balaban J connectivity index is 1.60. The number of nitrogens with zero attached hydrogens (tertiary/aromatic N) is 1. The summed E-state index contributed by atoms with van der Waals surface area (Å²) in [6.45, 7) is 2.24. The second-order valence-electron chi connectivity index (χ2n) is 6.11. The van der Waals surface area contributed by atoms with Gasteiger partial charge in [0.1, 0.15) is 11.6 Å². The third-order valence-corrected chi connectivity index (χ3v) is 5.40. The molecule has 7 heteroatoms. The molecule has 0 amide bonds. The van der Waals surface area contributed by atoms with E-state index in [0.717, 1.165) is 19.0 Å². The van der Waals surface area contributed by atoms with E-state index in [-0.39, 0.29) is 10.5 Å². The van der Waals surface area contributed by atoms with Gasteiger partial charge in [-0.05, 0) is 54.8 Å². The minimum atomic E-state index is -3.80. The van der Waals surface area contributed by atoms with Gasteiger partial charge in [-0.15, -0.1) is 0 Å². The molecule has 0 aliphatic rings. The van der Waals surface area contributed by atoms with E-state index in [1.54, 1.807) is 12.1 Å². The molecule has 0 spiro atoms. The Hall–Kier alpha value is -2.93. The minimum absolute atomic E-state index is 0.00598. The maximum Gasteiger partial charge on any atom is 0.261 e. The molecule has 0 fully saturated rings. The van der Waals surface area contributed by atoms with Crippen molar-refractivity contribution in [1.82, 2.24) is 4.98 Å². The highest BCUT2D eigenvalue weighted by Gasteiger charge is 2.15. The van der Waals surface area contributed by atoms with Crippen molar-refractivity contribution in [2.75, 3.05) is 16.6 Å². The molecule has 2 N–H and O–H groups in total. The number of anilines is 2. The Morgan fingerprint density at radius 2 is 1.81 bits per heavy atom. The van der Waals surface area contributed by atoms with Crippen LogP contribution in [0.5, 0.6) is 0 Å². The number of nitrogens with one attached hydrogen (secondary N) is 2. The van der Waals surface area contributed by atoms with Gasteiger partial charge in [0.25, 0.3) is 10.0 Å². The van der Waals surface area contributed by atoms with Gasteiger partial charge in [0.2, 0.25) is 0 Å². The maximum atomic E-state index is 13.3. The van der Waals surface area contributed by atoms with E-state index in [9.17, 15) is 12.8 Å². The van der Waals surface area contributed by atoms with Gasteiger partial charge in [-0.3, -0.25) is 4.72 Å². The summed E-state index contributed by atoms with van der Waals surface area (Å²) in [4.78, 5) is 4.23. The summed E-state index contributed by atoms with van der Waals surface area (Å²) in [6, 6.07) is 17.1. The number of aromatic nitrogens is 1. The topological polar surface area (TPSA) is 71.1 Å². The molecule has 5 nitrogen and oxygen atoms in total. The normalized spacial score (nSPS) is 11.2. The van der Waals surface area contributed by atoms with Crippen molar-refractivity contribution in [3.05, 3.63) is 83.8 Å². The SMILES string of the molecule is Cc1cc(S(=O)(=O)Nc2ccc(NCCc3ccccc3)nc2)ccc1F. The van der Waals surface area contributed by atoms with E-state index in [4.69, 9.17) is 0 Å². The first kappa shape index (κ1) is 18.8. The summed E-state index contributed by atoms with van der Waals surface area (Å²) in [6.07, 6.45) is 2.31. The van der Waals surface area contributed by atoms with Crippen LogP contribution < -0.4 is 10.0 Å². The summed E-state index contributed by atoms with van der Waals surface area (Å²) in [5.74, 6) is 0.216. The van der Waals surface area contributed by atoms with Crippen molar-refractivity contribution in [2.45, 2.75) is 18.2 Å². The fourth-order valence-corrected chi connectivity index (χ4v) is 3.66. The van der Waals surface area contributed by atoms with Crippen LogP contribution in [0.3, 0.4) is 0 Å². The average Bonchev–Trinajstić information content (AvgIpc) is 2.66. The highest BCUT2D eigenvalue weighted by molar-refractivity contribution is 7.92. The van der Waals surface area contributed by atoms with E-state index >= 15 is 0 Å². The number of benzene rings is 2. The summed E-state index contributed by atoms with van der Waals surface area (Å²) in [5, 5.41) is 3.20. The van der Waals surface area contributed by atoms with Gasteiger partial charge in [-0.1, -0.05) is 30.3 Å². The Bertz CT molecular complexity index is 1010. The number of pyridine rings is 1. The van der Waals surface area contributed by atoms with Gasteiger partial charge < -0.3 is 5.32 Å². The Labute approximate surface area is 158 Å². The van der Waals surface area contributed by atoms with Gasteiger partial charge in [0.15, 0.2) is 0 Å². The number of sulfonamides is 1. The first-order valence-corrected chi connectivity index (χ1v) is 9.95. The molecule has 0 saturated carbocycles. The van der Waals surface area contributed by atoms with Gasteiger partial charge in [-0.2, -0.15) is 0 Å².